The molecule has 1 amide bonds. The second kappa shape index (κ2) is 7.23. The molecule has 1 aliphatic carbocycles. The molecule has 1 saturated heterocycles. The Morgan fingerprint density at radius 2 is 2.24 bits per heavy atom. The lowest BCUT2D eigenvalue weighted by Crippen LogP contribution is -2.38. The minimum atomic E-state index is 0.0106. The molecule has 2 aromatic heterocycles. The number of pyridine rings is 1. The fourth-order valence-corrected chi connectivity index (χ4v) is 3.58. The van der Waals surface area contributed by atoms with Crippen LogP contribution in [0, 0.1) is 5.92 Å². The third-order valence-electron chi connectivity index (χ3n) is 4.99. The Kier molecular flexibility index (Phi) is 4.65. The molecule has 2 N–H and O–H groups in total. The smallest absolute Gasteiger partial charge is 0.223 e. The Morgan fingerprint density at radius 3 is 3.12 bits per heavy atom. The van der Waals surface area contributed by atoms with Gasteiger partial charge < -0.3 is 19.9 Å². The number of carbonyl (C=O) groups is 1. The highest BCUT2D eigenvalue weighted by Gasteiger charge is 2.26. The van der Waals surface area contributed by atoms with Gasteiger partial charge in [-0.05, 0) is 18.9 Å². The number of hydrogen-bond donors (Lipinski definition) is 2. The zero-order valence-electron chi connectivity index (χ0n) is 14.2. The van der Waals surface area contributed by atoms with E-state index in [2.05, 4.69) is 25.2 Å². The van der Waals surface area contributed by atoms with E-state index in [9.17, 15) is 4.79 Å². The van der Waals surface area contributed by atoms with E-state index in [0.717, 1.165) is 68.3 Å². The first-order chi connectivity index (χ1) is 12.3. The average molecular weight is 341 g/mol. The summed E-state index contributed by atoms with van der Waals surface area (Å²) in [5.74, 6) is 1.07. The Bertz CT molecular complexity index is 739. The summed E-state index contributed by atoms with van der Waals surface area (Å²) in [5, 5.41) is 3.10. The van der Waals surface area contributed by atoms with Crippen LogP contribution in [-0.2, 0) is 28.9 Å². The Labute approximate surface area is 146 Å². The normalized spacial score (nSPS) is 20.2. The van der Waals surface area contributed by atoms with Gasteiger partial charge in [0.15, 0.2) is 0 Å². The molecule has 132 valence electrons. The molecule has 1 aliphatic heterocycles. The van der Waals surface area contributed by atoms with Crippen molar-refractivity contribution in [1.82, 2.24) is 20.3 Å². The zero-order chi connectivity index (χ0) is 17.1. The SMILES string of the molecule is O=C(NCc1cccnc1N1CCOCC1)[C@H]1CCc2nc[nH]c2C1. The van der Waals surface area contributed by atoms with Gasteiger partial charge in [-0.2, -0.15) is 0 Å². The summed E-state index contributed by atoms with van der Waals surface area (Å²) in [6.07, 6.45) is 5.98. The molecule has 7 heteroatoms. The maximum Gasteiger partial charge on any atom is 0.223 e. The first-order valence-corrected chi connectivity index (χ1v) is 8.86. The van der Waals surface area contributed by atoms with Gasteiger partial charge in [0.2, 0.25) is 5.91 Å². The van der Waals surface area contributed by atoms with Gasteiger partial charge in [-0.15, -0.1) is 0 Å². The molecule has 1 fully saturated rings. The maximum atomic E-state index is 12.6. The summed E-state index contributed by atoms with van der Waals surface area (Å²) in [7, 11) is 0. The van der Waals surface area contributed by atoms with Crippen LogP contribution in [0.25, 0.3) is 0 Å². The van der Waals surface area contributed by atoms with E-state index in [1.165, 1.54) is 0 Å². The Balaban J connectivity index is 1.39. The molecule has 0 bridgehead atoms. The second-order valence-corrected chi connectivity index (χ2v) is 6.57. The van der Waals surface area contributed by atoms with Gasteiger partial charge in [-0.1, -0.05) is 6.07 Å². The number of H-pyrrole nitrogens is 1. The molecule has 2 aromatic rings. The molecule has 7 nitrogen and oxygen atoms in total. The van der Waals surface area contributed by atoms with E-state index in [1.807, 2.05) is 12.1 Å². The summed E-state index contributed by atoms with van der Waals surface area (Å²) >= 11 is 0. The number of aromatic amines is 1. The fraction of sp³-hybridized carbons (Fsp3) is 0.500. The van der Waals surface area contributed by atoms with Crippen LogP contribution in [0.5, 0.6) is 0 Å². The van der Waals surface area contributed by atoms with E-state index in [4.69, 9.17) is 4.74 Å². The number of nitrogens with zero attached hydrogens (tertiary/aromatic N) is 3. The predicted octanol–water partition coefficient (Wildman–Crippen LogP) is 1.06. The number of anilines is 1. The van der Waals surface area contributed by atoms with Crippen LogP contribution in [0.1, 0.15) is 23.4 Å². The molecule has 4 rings (SSSR count). The fourth-order valence-electron chi connectivity index (χ4n) is 3.58. The van der Waals surface area contributed by atoms with Gasteiger partial charge >= 0.3 is 0 Å². The highest BCUT2D eigenvalue weighted by Crippen LogP contribution is 2.23. The number of carbonyl (C=O) groups excluding carboxylic acids is 1. The molecule has 3 heterocycles. The third kappa shape index (κ3) is 3.51. The molecule has 0 aromatic carbocycles. The Hall–Kier alpha value is -2.41. The molecule has 0 saturated carbocycles. The number of nitrogens with one attached hydrogen (secondary N) is 2. The van der Waals surface area contributed by atoms with Crippen LogP contribution >= 0.6 is 0 Å². The zero-order valence-corrected chi connectivity index (χ0v) is 14.2. The third-order valence-corrected chi connectivity index (χ3v) is 4.99. The van der Waals surface area contributed by atoms with Crippen molar-refractivity contribution in [3.05, 3.63) is 41.6 Å². The topological polar surface area (TPSA) is 83.1 Å². The van der Waals surface area contributed by atoms with Crippen molar-refractivity contribution in [2.75, 3.05) is 31.2 Å². The first kappa shape index (κ1) is 16.1. The van der Waals surface area contributed by atoms with Crippen LogP contribution in [0.3, 0.4) is 0 Å². The van der Waals surface area contributed by atoms with Crippen LogP contribution < -0.4 is 10.2 Å². The van der Waals surface area contributed by atoms with Crippen molar-refractivity contribution in [2.45, 2.75) is 25.8 Å². The van der Waals surface area contributed by atoms with Gasteiger partial charge in [-0.3, -0.25) is 4.79 Å². The minimum Gasteiger partial charge on any atom is -0.378 e. The van der Waals surface area contributed by atoms with Crippen LogP contribution in [0.15, 0.2) is 24.7 Å². The lowest BCUT2D eigenvalue weighted by Gasteiger charge is -2.29. The van der Waals surface area contributed by atoms with Gasteiger partial charge in [0.1, 0.15) is 5.82 Å². The quantitative estimate of drug-likeness (QED) is 0.869. The van der Waals surface area contributed by atoms with Crippen molar-refractivity contribution in [3.8, 4) is 0 Å². The number of ether oxygens (including phenoxy) is 1. The number of imidazole rings is 1. The van der Waals surface area contributed by atoms with Crippen LogP contribution in [0.4, 0.5) is 5.82 Å². The van der Waals surface area contributed by atoms with E-state index >= 15 is 0 Å². The molecular formula is C18H23N5O2. The summed E-state index contributed by atoms with van der Waals surface area (Å²) in [5.41, 5.74) is 3.25. The summed E-state index contributed by atoms with van der Waals surface area (Å²) in [4.78, 5) is 26.8. The highest BCUT2D eigenvalue weighted by molar-refractivity contribution is 5.79. The molecule has 0 unspecified atom stereocenters. The first-order valence-electron chi connectivity index (χ1n) is 8.86. The number of hydrogen-bond acceptors (Lipinski definition) is 5. The van der Waals surface area contributed by atoms with Gasteiger partial charge in [0.25, 0.3) is 0 Å². The number of aromatic nitrogens is 3. The monoisotopic (exact) mass is 341 g/mol. The molecular weight excluding hydrogens is 318 g/mol. The molecule has 25 heavy (non-hydrogen) atoms. The van der Waals surface area contributed by atoms with E-state index in [0.29, 0.717) is 6.54 Å². The maximum absolute atomic E-state index is 12.6. The van der Waals surface area contributed by atoms with Crippen molar-refractivity contribution in [3.63, 3.8) is 0 Å². The highest BCUT2D eigenvalue weighted by atomic mass is 16.5. The number of amides is 1. The van der Waals surface area contributed by atoms with Crippen molar-refractivity contribution in [1.29, 1.82) is 0 Å². The second-order valence-electron chi connectivity index (χ2n) is 6.57. The number of rotatable bonds is 4. The molecule has 0 spiro atoms. The lowest BCUT2D eigenvalue weighted by molar-refractivity contribution is -0.125. The largest absolute Gasteiger partial charge is 0.378 e. The Morgan fingerprint density at radius 1 is 1.36 bits per heavy atom. The van der Waals surface area contributed by atoms with Crippen LogP contribution in [-0.4, -0.2) is 47.2 Å². The summed E-state index contributed by atoms with van der Waals surface area (Å²) in [6.45, 7) is 3.62. The standard InChI is InChI=1S/C18H23N5O2/c24-18(13-3-4-15-16(10-13)22-12-21-15)20-11-14-2-1-5-19-17(14)23-6-8-25-9-7-23/h1-2,5,12-13H,3-4,6-11H2,(H,20,24)(H,21,22)/t13-/m0/s1. The number of aryl methyl sites for hydroxylation is 1. The van der Waals surface area contributed by atoms with E-state index in [-0.39, 0.29) is 11.8 Å². The van der Waals surface area contributed by atoms with E-state index < -0.39 is 0 Å². The molecule has 1 atom stereocenters. The number of morpholine rings is 1. The lowest BCUT2D eigenvalue weighted by atomic mass is 9.89. The van der Waals surface area contributed by atoms with Crippen LogP contribution in [0.2, 0.25) is 0 Å². The van der Waals surface area contributed by atoms with E-state index in [1.54, 1.807) is 12.5 Å². The van der Waals surface area contributed by atoms with Crippen molar-refractivity contribution >= 4 is 11.7 Å². The van der Waals surface area contributed by atoms with Crippen molar-refractivity contribution in [2.24, 2.45) is 5.92 Å². The number of fused-ring (bicyclic) bond motifs is 1. The van der Waals surface area contributed by atoms with Gasteiger partial charge in [0, 0.05) is 49.4 Å². The molecule has 2 aliphatic rings. The van der Waals surface area contributed by atoms with Crippen molar-refractivity contribution < 1.29 is 9.53 Å². The summed E-state index contributed by atoms with van der Waals surface area (Å²) < 4.78 is 5.41. The minimum absolute atomic E-state index is 0.0106. The summed E-state index contributed by atoms with van der Waals surface area (Å²) in [6, 6.07) is 3.95. The van der Waals surface area contributed by atoms with Gasteiger partial charge in [0.05, 0.1) is 25.2 Å². The predicted molar refractivity (Wildman–Crippen MR) is 93.2 cm³/mol. The average Bonchev–Trinajstić information content (AvgIpc) is 3.15. The van der Waals surface area contributed by atoms with Gasteiger partial charge in [-0.25, -0.2) is 9.97 Å². The molecule has 0 radical (unpaired) electrons.